The van der Waals surface area contributed by atoms with Gasteiger partial charge in [0.05, 0.1) is 0 Å². The van der Waals surface area contributed by atoms with Crippen molar-refractivity contribution < 1.29 is 19.1 Å². The molecule has 2 aromatic rings. The second kappa shape index (κ2) is 7.33. The highest BCUT2D eigenvalue weighted by atomic mass is 79.9. The molecule has 0 aromatic heterocycles. The molecule has 1 heterocycles. The Balaban J connectivity index is 2.07. The molecule has 1 aliphatic rings. The Morgan fingerprint density at radius 1 is 1.15 bits per heavy atom. The third kappa shape index (κ3) is 3.46. The Bertz CT molecular complexity index is 891. The zero-order valence-corrected chi connectivity index (χ0v) is 16.5. The molecule has 0 saturated carbocycles. The van der Waals surface area contributed by atoms with Crippen LogP contribution in [0.25, 0.3) is 0 Å². The highest BCUT2D eigenvalue weighted by Gasteiger charge is 2.45. The Morgan fingerprint density at radius 3 is 2.42 bits per heavy atom. The van der Waals surface area contributed by atoms with Crippen LogP contribution >= 0.6 is 27.5 Å². The molecule has 0 radical (unpaired) electrons. The highest BCUT2D eigenvalue weighted by Crippen LogP contribution is 2.44. The largest absolute Gasteiger partial charge is 0.426 e. The van der Waals surface area contributed by atoms with Gasteiger partial charge in [0.2, 0.25) is 0 Å². The molecule has 6 heteroatoms. The highest BCUT2D eigenvalue weighted by molar-refractivity contribution is 9.10. The fourth-order valence-electron chi connectivity index (χ4n) is 3.39. The molecule has 26 heavy (non-hydrogen) atoms. The van der Waals surface area contributed by atoms with Crippen LogP contribution in [0.3, 0.4) is 0 Å². The van der Waals surface area contributed by atoms with E-state index in [9.17, 15) is 14.4 Å². The predicted octanol–water partition coefficient (Wildman–Crippen LogP) is 4.83. The lowest BCUT2D eigenvalue weighted by Crippen LogP contribution is -2.40. The minimum Gasteiger partial charge on any atom is -0.426 e. The van der Waals surface area contributed by atoms with Gasteiger partial charge in [-0.1, -0.05) is 34.5 Å². The van der Waals surface area contributed by atoms with Crippen molar-refractivity contribution in [2.75, 3.05) is 0 Å². The Morgan fingerprint density at radius 2 is 1.81 bits per heavy atom. The number of carbonyl (C=O) groups is 3. The molecule has 0 fully saturated rings. The second-order valence-corrected chi connectivity index (χ2v) is 7.73. The summed E-state index contributed by atoms with van der Waals surface area (Å²) in [5.74, 6) is -2.90. The first kappa shape index (κ1) is 18.8. The average molecular weight is 436 g/mol. The van der Waals surface area contributed by atoms with Gasteiger partial charge in [-0.2, -0.15) is 0 Å². The Labute approximate surface area is 164 Å². The third-order valence-electron chi connectivity index (χ3n) is 4.67. The lowest BCUT2D eigenvalue weighted by atomic mass is 9.72. The second-order valence-electron chi connectivity index (χ2n) is 6.38. The molecule has 4 nitrogen and oxygen atoms in total. The van der Waals surface area contributed by atoms with Crippen molar-refractivity contribution in [3.63, 3.8) is 0 Å². The van der Waals surface area contributed by atoms with Gasteiger partial charge in [-0.3, -0.25) is 14.4 Å². The van der Waals surface area contributed by atoms with Crippen LogP contribution < -0.4 is 4.74 Å². The molecule has 0 amide bonds. The van der Waals surface area contributed by atoms with E-state index in [4.69, 9.17) is 16.3 Å². The van der Waals surface area contributed by atoms with Gasteiger partial charge in [0.15, 0.2) is 5.78 Å². The minimum atomic E-state index is -1.01. The van der Waals surface area contributed by atoms with Gasteiger partial charge in [0.25, 0.3) is 0 Å². The lowest BCUT2D eigenvalue weighted by Gasteiger charge is -2.34. The summed E-state index contributed by atoms with van der Waals surface area (Å²) in [7, 11) is 0. The summed E-state index contributed by atoms with van der Waals surface area (Å²) in [6, 6.07) is 11.8. The molecule has 0 saturated heterocycles. The molecular weight excluding hydrogens is 420 g/mol. The molecule has 3 atom stereocenters. The minimum absolute atomic E-state index is 0.154. The van der Waals surface area contributed by atoms with Gasteiger partial charge in [-0.15, -0.1) is 0 Å². The van der Waals surface area contributed by atoms with Gasteiger partial charge in [0.1, 0.15) is 17.5 Å². The third-order valence-corrected chi connectivity index (χ3v) is 5.42. The maximum absolute atomic E-state index is 13.0. The SMILES string of the molecule is CC(=O)[C@H]1C(=O)Oc2ccc(Br)cc2[C@H]1[C@H](C)C(=O)c1ccc(Cl)cc1. The summed E-state index contributed by atoms with van der Waals surface area (Å²) >= 11 is 9.29. The van der Waals surface area contributed by atoms with Crippen molar-refractivity contribution in [2.45, 2.75) is 19.8 Å². The van der Waals surface area contributed by atoms with Gasteiger partial charge < -0.3 is 4.74 Å². The van der Waals surface area contributed by atoms with Gasteiger partial charge >= 0.3 is 5.97 Å². The maximum Gasteiger partial charge on any atom is 0.322 e. The van der Waals surface area contributed by atoms with Crippen molar-refractivity contribution in [1.82, 2.24) is 0 Å². The topological polar surface area (TPSA) is 60.4 Å². The monoisotopic (exact) mass is 434 g/mol. The van der Waals surface area contributed by atoms with E-state index in [2.05, 4.69) is 15.9 Å². The van der Waals surface area contributed by atoms with Crippen LogP contribution in [0.4, 0.5) is 0 Å². The number of Topliss-reactive ketones (excluding diaryl/α,β-unsaturated/α-hetero) is 2. The molecule has 0 aliphatic carbocycles. The number of halogens is 2. The first-order valence-electron chi connectivity index (χ1n) is 8.11. The zero-order valence-electron chi connectivity index (χ0n) is 14.2. The lowest BCUT2D eigenvalue weighted by molar-refractivity contribution is -0.146. The standard InChI is InChI=1S/C20H16BrClO4/c1-10(19(24)12-3-6-14(22)7-4-12)17-15-9-13(21)5-8-16(15)26-20(25)18(17)11(2)23/h3-10,17-18H,1-2H3/t10-,17+,18+/m0/s1. The van der Waals surface area contributed by atoms with Crippen molar-refractivity contribution >= 4 is 45.1 Å². The van der Waals surface area contributed by atoms with Crippen LogP contribution in [0, 0.1) is 11.8 Å². The smallest absolute Gasteiger partial charge is 0.322 e. The van der Waals surface area contributed by atoms with Crippen LogP contribution in [-0.4, -0.2) is 17.5 Å². The van der Waals surface area contributed by atoms with Crippen LogP contribution in [0.1, 0.15) is 35.7 Å². The number of fused-ring (bicyclic) bond motifs is 1. The summed E-state index contributed by atoms with van der Waals surface area (Å²) in [5.41, 5.74) is 1.16. The number of ether oxygens (including phenoxy) is 1. The van der Waals surface area contributed by atoms with Crippen LogP contribution in [0.15, 0.2) is 46.9 Å². The zero-order chi connectivity index (χ0) is 19.0. The molecule has 134 valence electrons. The van der Waals surface area contributed by atoms with Gasteiger partial charge in [-0.05, 0) is 49.4 Å². The van der Waals surface area contributed by atoms with E-state index < -0.39 is 23.7 Å². The number of carbonyl (C=O) groups excluding carboxylic acids is 3. The maximum atomic E-state index is 13.0. The van der Waals surface area contributed by atoms with E-state index in [-0.39, 0.29) is 11.6 Å². The number of esters is 1. The van der Waals surface area contributed by atoms with Crippen molar-refractivity contribution in [2.24, 2.45) is 11.8 Å². The average Bonchev–Trinajstić information content (AvgIpc) is 2.60. The molecule has 3 rings (SSSR count). The van der Waals surface area contributed by atoms with E-state index in [1.807, 2.05) is 0 Å². The molecular formula is C20H16BrClO4. The van der Waals surface area contributed by atoms with Crippen molar-refractivity contribution in [1.29, 1.82) is 0 Å². The van der Waals surface area contributed by atoms with Crippen molar-refractivity contribution in [3.05, 3.63) is 63.1 Å². The van der Waals surface area contributed by atoms with Crippen molar-refractivity contribution in [3.8, 4) is 5.75 Å². The van der Waals surface area contributed by atoms with E-state index in [1.165, 1.54) is 6.92 Å². The summed E-state index contributed by atoms with van der Waals surface area (Å²) < 4.78 is 6.12. The Kier molecular flexibility index (Phi) is 5.30. The number of ketones is 2. The molecule has 0 bridgehead atoms. The van der Waals surface area contributed by atoms with Gasteiger partial charge in [-0.25, -0.2) is 0 Å². The predicted molar refractivity (Wildman–Crippen MR) is 102 cm³/mol. The summed E-state index contributed by atoms with van der Waals surface area (Å²) in [6.07, 6.45) is 0. The van der Waals surface area contributed by atoms with Crippen LogP contribution in [0.2, 0.25) is 5.02 Å². The molecule has 0 N–H and O–H groups in total. The molecule has 1 aliphatic heterocycles. The molecule has 2 aromatic carbocycles. The van der Waals surface area contributed by atoms with E-state index in [0.717, 1.165) is 4.47 Å². The van der Waals surface area contributed by atoms with E-state index in [0.29, 0.717) is 21.9 Å². The first-order chi connectivity index (χ1) is 12.3. The van der Waals surface area contributed by atoms with E-state index >= 15 is 0 Å². The summed E-state index contributed by atoms with van der Waals surface area (Å²) in [6.45, 7) is 3.09. The fourth-order valence-corrected chi connectivity index (χ4v) is 3.89. The molecule has 0 spiro atoms. The van der Waals surface area contributed by atoms with Gasteiger partial charge in [0, 0.05) is 32.5 Å². The number of hydrogen-bond acceptors (Lipinski definition) is 4. The fraction of sp³-hybridized carbons (Fsp3) is 0.250. The quantitative estimate of drug-likeness (QED) is 0.299. The number of hydrogen-bond donors (Lipinski definition) is 0. The Hall–Kier alpha value is -1.98. The molecule has 0 unspecified atom stereocenters. The first-order valence-corrected chi connectivity index (χ1v) is 9.28. The summed E-state index contributed by atoms with van der Waals surface area (Å²) in [4.78, 5) is 37.6. The summed E-state index contributed by atoms with van der Waals surface area (Å²) in [5, 5.41) is 0.534. The van der Waals surface area contributed by atoms with Crippen LogP contribution in [-0.2, 0) is 9.59 Å². The number of benzene rings is 2. The number of rotatable bonds is 4. The normalized spacial score (nSPS) is 20.1. The van der Waals surface area contributed by atoms with Crippen LogP contribution in [0.5, 0.6) is 5.75 Å². The van der Waals surface area contributed by atoms with E-state index in [1.54, 1.807) is 49.4 Å².